The van der Waals surface area contributed by atoms with Gasteiger partial charge in [-0.2, -0.15) is 0 Å². The van der Waals surface area contributed by atoms with Crippen molar-refractivity contribution in [2.45, 2.75) is 88.3 Å². The van der Waals surface area contributed by atoms with Crippen LogP contribution in [0.15, 0.2) is 35.5 Å². The van der Waals surface area contributed by atoms with Crippen molar-refractivity contribution in [2.75, 3.05) is 0 Å². The minimum Gasteiger partial charge on any atom is -0.305 e. The number of hydrogen-bond donors (Lipinski definition) is 1. The van der Waals surface area contributed by atoms with Crippen molar-refractivity contribution in [1.82, 2.24) is 0 Å². The highest BCUT2D eigenvalue weighted by Gasteiger charge is 2.17. The lowest BCUT2D eigenvalue weighted by atomic mass is 9.89. The summed E-state index contributed by atoms with van der Waals surface area (Å²) in [7, 11) is 0. The fraction of sp³-hybridized carbons (Fsp3) is 0.667. The molecule has 23 heavy (non-hydrogen) atoms. The van der Waals surface area contributed by atoms with E-state index < -0.39 is 5.67 Å². The Labute approximate surface area is 145 Å². The van der Waals surface area contributed by atoms with Crippen molar-refractivity contribution < 1.29 is 4.39 Å². The average Bonchev–Trinajstić information content (AvgIpc) is 2.38. The van der Waals surface area contributed by atoms with Gasteiger partial charge in [0.15, 0.2) is 0 Å². The maximum absolute atomic E-state index is 13.1. The highest BCUT2D eigenvalue weighted by molar-refractivity contribution is 5.96. The molecule has 0 rings (SSSR count). The third-order valence-electron chi connectivity index (χ3n) is 2.98. The van der Waals surface area contributed by atoms with Crippen LogP contribution in [-0.2, 0) is 0 Å². The molecule has 1 N–H and O–H groups in total. The van der Waals surface area contributed by atoms with E-state index in [0.717, 1.165) is 6.42 Å². The minimum absolute atomic E-state index is 0.00271. The van der Waals surface area contributed by atoms with E-state index in [2.05, 4.69) is 27.4 Å². The molecule has 0 heterocycles. The fourth-order valence-electron chi connectivity index (χ4n) is 1.08. The van der Waals surface area contributed by atoms with E-state index in [1.165, 1.54) is 25.0 Å². The zero-order valence-corrected chi connectivity index (χ0v) is 17.4. The minimum atomic E-state index is -1.28. The summed E-state index contributed by atoms with van der Waals surface area (Å²) in [6.07, 6.45) is 4.69. The Bertz CT molecular complexity index is 408. The molecule has 0 bridgehead atoms. The van der Waals surface area contributed by atoms with Crippen molar-refractivity contribution in [3.63, 3.8) is 0 Å². The smallest absolute Gasteiger partial charge is 0.129 e. The molecule has 0 aliphatic rings. The fourth-order valence-corrected chi connectivity index (χ4v) is 1.08. The molecule has 0 fully saturated rings. The van der Waals surface area contributed by atoms with Gasteiger partial charge >= 0.3 is 0 Å². The van der Waals surface area contributed by atoms with Gasteiger partial charge in [-0.15, -0.1) is 0 Å². The Balaban J connectivity index is -0.000000315. The molecule has 0 saturated heterocycles. The highest BCUT2D eigenvalue weighted by Crippen LogP contribution is 2.21. The molecule has 0 saturated carbocycles. The van der Waals surface area contributed by atoms with E-state index in [-0.39, 0.29) is 5.41 Å². The number of rotatable bonds is 4. The molecule has 1 nitrogen and oxygen atoms in total. The molecule has 0 spiro atoms. The second kappa shape index (κ2) is 12.3. The van der Waals surface area contributed by atoms with Gasteiger partial charge in [0.25, 0.3) is 0 Å². The maximum Gasteiger partial charge on any atom is 0.129 e. The van der Waals surface area contributed by atoms with Crippen LogP contribution in [0, 0.1) is 10.8 Å². The van der Waals surface area contributed by atoms with E-state index in [1.807, 2.05) is 53.7 Å². The first-order valence-electron chi connectivity index (χ1n) is 8.51. The molecule has 0 atom stereocenters. The Kier molecular flexibility index (Phi) is 14.2. The monoisotopic (exact) mass is 325 g/mol. The van der Waals surface area contributed by atoms with Crippen molar-refractivity contribution in [1.29, 1.82) is 5.41 Å². The lowest BCUT2D eigenvalue weighted by molar-refractivity contribution is 0.274. The Morgan fingerprint density at radius 3 is 1.57 bits per heavy atom. The Morgan fingerprint density at radius 2 is 1.39 bits per heavy atom. The third-order valence-corrected chi connectivity index (χ3v) is 2.98. The van der Waals surface area contributed by atoms with Crippen LogP contribution in [0.25, 0.3) is 0 Å². The van der Waals surface area contributed by atoms with Crippen molar-refractivity contribution in [3.8, 4) is 0 Å². The Hall–Kier alpha value is -1.18. The van der Waals surface area contributed by atoms with E-state index in [1.54, 1.807) is 0 Å². The van der Waals surface area contributed by atoms with E-state index >= 15 is 0 Å². The molecular formula is C21H40FN. The third kappa shape index (κ3) is 17.0. The number of alkyl halides is 1. The first-order valence-corrected chi connectivity index (χ1v) is 8.51. The number of allylic oxidation sites excluding steroid dienone is 5. The van der Waals surface area contributed by atoms with Crippen molar-refractivity contribution in [2.24, 2.45) is 5.41 Å². The summed E-state index contributed by atoms with van der Waals surface area (Å²) in [5, 5.41) is 7.59. The summed E-state index contributed by atoms with van der Waals surface area (Å²) in [5.74, 6) is 0. The largest absolute Gasteiger partial charge is 0.305 e. The summed E-state index contributed by atoms with van der Waals surface area (Å²) >= 11 is 0. The van der Waals surface area contributed by atoms with Gasteiger partial charge in [0.05, 0.1) is 0 Å². The van der Waals surface area contributed by atoms with Gasteiger partial charge in [-0.05, 0) is 52.7 Å². The Morgan fingerprint density at radius 1 is 1.00 bits per heavy atom. The first-order chi connectivity index (χ1) is 10.2. The van der Waals surface area contributed by atoms with Crippen LogP contribution in [0.2, 0.25) is 0 Å². The first kappa shape index (κ1) is 26.7. The zero-order chi connectivity index (χ0) is 19.4. The molecule has 0 aromatic rings. The molecule has 0 unspecified atom stereocenters. The molecular weight excluding hydrogens is 285 g/mol. The topological polar surface area (TPSA) is 23.9 Å². The second-order valence-electron chi connectivity index (χ2n) is 7.23. The summed E-state index contributed by atoms with van der Waals surface area (Å²) in [6, 6.07) is 0. The zero-order valence-electron chi connectivity index (χ0n) is 17.4. The highest BCUT2D eigenvalue weighted by atomic mass is 19.1. The van der Waals surface area contributed by atoms with Gasteiger partial charge in [0, 0.05) is 11.1 Å². The van der Waals surface area contributed by atoms with Crippen LogP contribution >= 0.6 is 0 Å². The predicted molar refractivity (Wildman–Crippen MR) is 106 cm³/mol. The lowest BCUT2D eigenvalue weighted by Gasteiger charge is -2.16. The van der Waals surface area contributed by atoms with Crippen LogP contribution < -0.4 is 0 Å². The van der Waals surface area contributed by atoms with Crippen LogP contribution in [0.3, 0.4) is 0 Å². The van der Waals surface area contributed by atoms with Crippen LogP contribution in [0.1, 0.15) is 82.6 Å². The van der Waals surface area contributed by atoms with Gasteiger partial charge in [0.2, 0.25) is 0 Å². The second-order valence-corrected chi connectivity index (χ2v) is 7.23. The SMILES string of the molecule is C=C(/C=C(/C)CC)C(C)(C)F.CC.CC(C)=CC(=N)C(C)(C)C. The van der Waals surface area contributed by atoms with Crippen LogP contribution in [0.5, 0.6) is 0 Å². The molecule has 2 heteroatoms. The maximum atomic E-state index is 13.1. The number of hydrogen-bond acceptors (Lipinski definition) is 1. The summed E-state index contributed by atoms with van der Waals surface area (Å²) < 4.78 is 13.1. The standard InChI is InChI=1S/C10H17F.C9H17N.C2H6/c1-6-8(2)7-9(3)10(4,5)11;1-7(2)6-8(10)9(3,4)5;1-2/h7H,3,6H2,1-2,4-5H3;6,10H,1-5H3;1-2H3/b8-7-;;. The molecule has 0 aliphatic carbocycles. The molecule has 0 radical (unpaired) electrons. The molecule has 0 amide bonds. The summed E-state index contributed by atoms with van der Waals surface area (Å²) in [5.41, 5.74) is 2.33. The normalized spacial score (nSPS) is 11.4. The lowest BCUT2D eigenvalue weighted by Crippen LogP contribution is -2.16. The van der Waals surface area contributed by atoms with Gasteiger partial charge in [0.1, 0.15) is 5.67 Å². The van der Waals surface area contributed by atoms with Gasteiger partial charge in [-0.1, -0.05) is 65.3 Å². The van der Waals surface area contributed by atoms with E-state index in [0.29, 0.717) is 11.3 Å². The van der Waals surface area contributed by atoms with Crippen LogP contribution in [0.4, 0.5) is 4.39 Å². The summed E-state index contributed by atoms with van der Waals surface area (Å²) in [6.45, 7) is 24.9. The van der Waals surface area contributed by atoms with E-state index in [9.17, 15) is 4.39 Å². The van der Waals surface area contributed by atoms with Crippen molar-refractivity contribution >= 4 is 5.71 Å². The molecule has 0 aliphatic heterocycles. The predicted octanol–water partition coefficient (Wildman–Crippen LogP) is 7.69. The summed E-state index contributed by atoms with van der Waals surface area (Å²) in [4.78, 5) is 0. The van der Waals surface area contributed by atoms with E-state index in [4.69, 9.17) is 5.41 Å². The van der Waals surface area contributed by atoms with Gasteiger partial charge in [-0.25, -0.2) is 4.39 Å². The number of nitrogens with one attached hydrogen (secondary N) is 1. The van der Waals surface area contributed by atoms with Gasteiger partial charge < -0.3 is 5.41 Å². The molecule has 0 aromatic heterocycles. The van der Waals surface area contributed by atoms with Crippen molar-refractivity contribution in [3.05, 3.63) is 35.5 Å². The number of halogens is 1. The van der Waals surface area contributed by atoms with Gasteiger partial charge in [-0.3, -0.25) is 0 Å². The molecule has 0 aromatic carbocycles. The quantitative estimate of drug-likeness (QED) is 0.404. The van der Waals surface area contributed by atoms with Crippen LogP contribution in [-0.4, -0.2) is 11.4 Å². The molecule has 136 valence electrons. The average molecular weight is 326 g/mol.